The number of benzene rings is 2. The Morgan fingerprint density at radius 2 is 1.78 bits per heavy atom. The van der Waals surface area contributed by atoms with Crippen molar-refractivity contribution in [1.82, 2.24) is 10.3 Å². The van der Waals surface area contributed by atoms with Crippen LogP contribution in [0, 0.1) is 12.8 Å². The van der Waals surface area contributed by atoms with Crippen LogP contribution in [0.15, 0.2) is 66.2 Å². The lowest BCUT2D eigenvalue weighted by molar-refractivity contribution is 0.0946. The van der Waals surface area contributed by atoms with E-state index in [0.717, 1.165) is 21.3 Å². The van der Waals surface area contributed by atoms with Gasteiger partial charge in [-0.3, -0.25) is 9.59 Å². The number of amides is 2. The van der Waals surface area contributed by atoms with Crippen molar-refractivity contribution < 1.29 is 18.0 Å². The second-order valence-corrected chi connectivity index (χ2v) is 11.9. The van der Waals surface area contributed by atoms with Gasteiger partial charge < -0.3 is 16.0 Å². The van der Waals surface area contributed by atoms with Gasteiger partial charge >= 0.3 is 0 Å². The van der Waals surface area contributed by atoms with Crippen molar-refractivity contribution in [3.8, 4) is 0 Å². The number of fused-ring (bicyclic) bond motifs is 1. The second kappa shape index (κ2) is 9.71. The number of thiophene rings is 1. The summed E-state index contributed by atoms with van der Waals surface area (Å²) in [6, 6.07) is 16.9. The van der Waals surface area contributed by atoms with Crippen LogP contribution in [0.25, 0.3) is 10.1 Å². The molecular formula is C26H24N4O4S2. The molecule has 2 aromatic heterocycles. The molecule has 2 amide bonds. The number of carbonyl (C=O) groups excluding carboxylic acids is 2. The standard InChI is InChI=1S/C26H24N4O4S2/c1-16-6-2-4-8-21(16)29-24-22(30-26(32)20-13-35-23-9-5-3-7-19(20)23)10-18(12-27-24)25(31)28-11-17-14-36(33,34)15-17/h2-10,12-13,17H,11,14-15H2,1H3,(H,27,29)(H,28,31)(H,30,32). The largest absolute Gasteiger partial charge is 0.352 e. The van der Waals surface area contributed by atoms with E-state index < -0.39 is 9.84 Å². The predicted octanol–water partition coefficient (Wildman–Crippen LogP) is 4.38. The van der Waals surface area contributed by atoms with Crippen LogP contribution in [0.1, 0.15) is 26.3 Å². The lowest BCUT2D eigenvalue weighted by Crippen LogP contribution is -2.44. The molecule has 8 nitrogen and oxygen atoms in total. The molecule has 0 aliphatic carbocycles. The smallest absolute Gasteiger partial charge is 0.257 e. The molecule has 0 spiro atoms. The van der Waals surface area contributed by atoms with Gasteiger partial charge in [0.05, 0.1) is 28.3 Å². The zero-order valence-corrected chi connectivity index (χ0v) is 21.1. The molecule has 0 unspecified atom stereocenters. The fraction of sp³-hybridized carbons (Fsp3) is 0.192. The van der Waals surface area contributed by atoms with Crippen LogP contribution in [-0.2, 0) is 9.84 Å². The molecule has 10 heteroatoms. The zero-order chi connectivity index (χ0) is 25.3. The predicted molar refractivity (Wildman–Crippen MR) is 143 cm³/mol. The first-order chi connectivity index (χ1) is 17.3. The molecule has 3 heterocycles. The first-order valence-corrected chi connectivity index (χ1v) is 14.1. The molecule has 0 radical (unpaired) electrons. The lowest BCUT2D eigenvalue weighted by atomic mass is 10.1. The third-order valence-electron chi connectivity index (χ3n) is 6.05. The number of hydrogen-bond acceptors (Lipinski definition) is 7. The number of pyridine rings is 1. The average Bonchev–Trinajstić information content (AvgIpc) is 3.28. The lowest BCUT2D eigenvalue weighted by Gasteiger charge is -2.25. The fourth-order valence-electron chi connectivity index (χ4n) is 4.09. The first-order valence-electron chi connectivity index (χ1n) is 11.4. The normalized spacial score (nSPS) is 14.7. The van der Waals surface area contributed by atoms with Crippen molar-refractivity contribution in [2.45, 2.75) is 6.92 Å². The third kappa shape index (κ3) is 5.09. The van der Waals surface area contributed by atoms with Gasteiger partial charge in [-0.1, -0.05) is 36.4 Å². The van der Waals surface area contributed by atoms with Crippen molar-refractivity contribution >= 4 is 60.3 Å². The summed E-state index contributed by atoms with van der Waals surface area (Å²) in [6.45, 7) is 2.23. The maximum atomic E-state index is 13.2. The highest BCUT2D eigenvalue weighted by molar-refractivity contribution is 7.92. The van der Waals surface area contributed by atoms with E-state index in [0.29, 0.717) is 17.1 Å². The summed E-state index contributed by atoms with van der Waals surface area (Å²) in [5.74, 6) is -0.203. The van der Waals surface area contributed by atoms with E-state index in [1.807, 2.05) is 60.8 Å². The van der Waals surface area contributed by atoms with Crippen LogP contribution >= 0.6 is 11.3 Å². The molecule has 2 aromatic carbocycles. The highest BCUT2D eigenvalue weighted by atomic mass is 32.2. The van der Waals surface area contributed by atoms with Crippen molar-refractivity contribution in [1.29, 1.82) is 0 Å². The highest BCUT2D eigenvalue weighted by Gasteiger charge is 2.33. The molecule has 3 N–H and O–H groups in total. The maximum absolute atomic E-state index is 13.2. The summed E-state index contributed by atoms with van der Waals surface area (Å²) in [6.07, 6.45) is 1.43. The van der Waals surface area contributed by atoms with E-state index in [9.17, 15) is 18.0 Å². The number of nitrogens with zero attached hydrogens (tertiary/aromatic N) is 1. The molecule has 0 bridgehead atoms. The number of rotatable bonds is 7. The molecule has 1 aliphatic rings. The van der Waals surface area contributed by atoms with Crippen molar-refractivity contribution in [3.63, 3.8) is 0 Å². The van der Waals surface area contributed by atoms with Crippen molar-refractivity contribution in [3.05, 3.63) is 82.9 Å². The molecule has 1 aliphatic heterocycles. The number of para-hydroxylation sites is 1. The van der Waals surface area contributed by atoms with E-state index in [1.165, 1.54) is 17.5 Å². The Bertz CT molecular complexity index is 1570. The Labute approximate surface area is 212 Å². The van der Waals surface area contributed by atoms with Gasteiger partial charge in [-0.05, 0) is 30.7 Å². The van der Waals surface area contributed by atoms with Gasteiger partial charge in [0.25, 0.3) is 11.8 Å². The Kier molecular flexibility index (Phi) is 6.46. The van der Waals surface area contributed by atoms with Crippen LogP contribution in [0.3, 0.4) is 0 Å². The molecule has 0 atom stereocenters. The van der Waals surface area contributed by atoms with Crippen LogP contribution in [-0.4, -0.2) is 43.3 Å². The Hall–Kier alpha value is -3.76. The van der Waals surface area contributed by atoms with E-state index >= 15 is 0 Å². The number of hydrogen-bond donors (Lipinski definition) is 3. The number of aryl methyl sites for hydroxylation is 1. The third-order valence-corrected chi connectivity index (χ3v) is 8.97. The first kappa shape index (κ1) is 24.0. The average molecular weight is 521 g/mol. The monoisotopic (exact) mass is 520 g/mol. The van der Waals surface area contributed by atoms with E-state index in [4.69, 9.17) is 0 Å². The van der Waals surface area contributed by atoms with Crippen LogP contribution in [0.4, 0.5) is 17.2 Å². The van der Waals surface area contributed by atoms with Crippen molar-refractivity contribution in [2.75, 3.05) is 28.7 Å². The fourth-order valence-corrected chi connectivity index (χ4v) is 6.61. The summed E-state index contributed by atoms with van der Waals surface area (Å²) in [5, 5.41) is 11.6. The van der Waals surface area contributed by atoms with Gasteiger partial charge in [0.2, 0.25) is 0 Å². The van der Waals surface area contributed by atoms with E-state index in [1.54, 1.807) is 6.07 Å². The van der Waals surface area contributed by atoms with Gasteiger partial charge in [-0.2, -0.15) is 0 Å². The summed E-state index contributed by atoms with van der Waals surface area (Å²) in [4.78, 5) is 30.5. The molecular weight excluding hydrogens is 496 g/mol. The highest BCUT2D eigenvalue weighted by Crippen LogP contribution is 2.30. The van der Waals surface area contributed by atoms with Gasteiger partial charge in [0.1, 0.15) is 0 Å². The van der Waals surface area contributed by atoms with E-state index in [-0.39, 0.29) is 41.3 Å². The molecule has 4 aromatic rings. The van der Waals surface area contributed by atoms with Gasteiger partial charge in [0.15, 0.2) is 15.7 Å². The molecule has 5 rings (SSSR count). The summed E-state index contributed by atoms with van der Waals surface area (Å²) < 4.78 is 23.8. The number of nitrogens with one attached hydrogen (secondary N) is 3. The van der Waals surface area contributed by atoms with Crippen LogP contribution in [0.2, 0.25) is 0 Å². The quantitative estimate of drug-likeness (QED) is 0.333. The second-order valence-electron chi connectivity index (χ2n) is 8.81. The molecule has 1 fully saturated rings. The molecule has 1 saturated heterocycles. The summed E-state index contributed by atoms with van der Waals surface area (Å²) in [7, 11) is -2.96. The molecule has 184 valence electrons. The minimum Gasteiger partial charge on any atom is -0.352 e. The van der Waals surface area contributed by atoms with Gasteiger partial charge in [-0.25, -0.2) is 13.4 Å². The zero-order valence-electron chi connectivity index (χ0n) is 19.4. The van der Waals surface area contributed by atoms with Crippen molar-refractivity contribution in [2.24, 2.45) is 5.92 Å². The minimum absolute atomic E-state index is 0.0834. The minimum atomic E-state index is -2.96. The SMILES string of the molecule is Cc1ccccc1Nc1ncc(C(=O)NCC2CS(=O)(=O)C2)cc1NC(=O)c1csc2ccccc12. The van der Waals surface area contributed by atoms with Crippen LogP contribution in [0.5, 0.6) is 0 Å². The Morgan fingerprint density at radius 1 is 1.03 bits per heavy atom. The number of sulfone groups is 1. The number of carbonyl (C=O) groups is 2. The Balaban J connectivity index is 1.41. The molecule has 36 heavy (non-hydrogen) atoms. The maximum Gasteiger partial charge on any atom is 0.257 e. The van der Waals surface area contributed by atoms with E-state index in [2.05, 4.69) is 20.9 Å². The van der Waals surface area contributed by atoms with Gasteiger partial charge in [-0.15, -0.1) is 11.3 Å². The number of anilines is 3. The Morgan fingerprint density at radius 3 is 2.56 bits per heavy atom. The number of aromatic nitrogens is 1. The van der Waals surface area contributed by atoms with Gasteiger partial charge in [0, 0.05) is 39.8 Å². The molecule has 0 saturated carbocycles. The van der Waals surface area contributed by atoms with Crippen LogP contribution < -0.4 is 16.0 Å². The summed E-state index contributed by atoms with van der Waals surface area (Å²) >= 11 is 1.49. The summed E-state index contributed by atoms with van der Waals surface area (Å²) in [5.41, 5.74) is 2.98. The topological polar surface area (TPSA) is 117 Å².